The maximum Gasteiger partial charge on any atom is 0.174 e. The predicted molar refractivity (Wildman–Crippen MR) is 135 cm³/mol. The number of hydrogen-bond donors (Lipinski definition) is 1. The Kier molecular flexibility index (Phi) is 8.85. The molecule has 0 unspecified atom stereocenters. The maximum atomic E-state index is 15.7. The smallest absolute Gasteiger partial charge is 0.174 e. The van der Waals surface area contributed by atoms with E-state index in [-0.39, 0.29) is 36.3 Å². The fourth-order valence-corrected chi connectivity index (χ4v) is 4.98. The summed E-state index contributed by atoms with van der Waals surface area (Å²) >= 11 is 0. The van der Waals surface area contributed by atoms with Gasteiger partial charge in [-0.05, 0) is 68.5 Å². The van der Waals surface area contributed by atoms with Gasteiger partial charge in [0.05, 0.1) is 24.7 Å². The lowest BCUT2D eigenvalue weighted by atomic mass is 9.74. The summed E-state index contributed by atoms with van der Waals surface area (Å²) in [5, 5.41) is 10.7. The minimum atomic E-state index is -1.45. The van der Waals surface area contributed by atoms with Crippen LogP contribution in [0.3, 0.4) is 0 Å². The lowest BCUT2D eigenvalue weighted by Crippen LogP contribution is -2.42. The Morgan fingerprint density at radius 2 is 1.92 bits per heavy atom. The van der Waals surface area contributed by atoms with Gasteiger partial charge < -0.3 is 9.84 Å². The first-order valence-corrected chi connectivity index (χ1v) is 12.4. The number of aromatic nitrogens is 1. The largest absolute Gasteiger partial charge is 0.497 e. The van der Waals surface area contributed by atoms with Gasteiger partial charge in [-0.1, -0.05) is 11.8 Å². The summed E-state index contributed by atoms with van der Waals surface area (Å²) in [6.07, 6.45) is 1.59. The van der Waals surface area contributed by atoms with Gasteiger partial charge in [-0.2, -0.15) is 0 Å². The summed E-state index contributed by atoms with van der Waals surface area (Å²) in [7, 11) is 1.50. The summed E-state index contributed by atoms with van der Waals surface area (Å²) in [4.78, 5) is 6.23. The molecule has 4 rings (SSSR count). The molecule has 1 atom stereocenters. The van der Waals surface area contributed by atoms with Gasteiger partial charge in [0, 0.05) is 35.4 Å². The molecule has 38 heavy (non-hydrogen) atoms. The summed E-state index contributed by atoms with van der Waals surface area (Å²) in [6.45, 7) is 0.432. The van der Waals surface area contributed by atoms with Gasteiger partial charge in [-0.15, -0.1) is 0 Å². The zero-order valence-corrected chi connectivity index (χ0v) is 21.0. The van der Waals surface area contributed by atoms with Crippen molar-refractivity contribution in [1.82, 2.24) is 9.88 Å². The normalized spacial score (nSPS) is 16.2. The highest BCUT2D eigenvalue weighted by Gasteiger charge is 2.35. The first-order valence-electron chi connectivity index (χ1n) is 12.4. The Bertz CT molecular complexity index is 1340. The van der Waals surface area contributed by atoms with Crippen LogP contribution in [-0.4, -0.2) is 48.3 Å². The molecule has 1 aliphatic heterocycles. The molecule has 1 N–H and O–H groups in total. The molecule has 0 saturated carbocycles. The molecule has 2 aromatic carbocycles. The van der Waals surface area contributed by atoms with Gasteiger partial charge >= 0.3 is 0 Å². The number of likely N-dealkylation sites (tertiary alicyclic amines) is 1. The summed E-state index contributed by atoms with van der Waals surface area (Å²) in [5.41, 5.74) is 0.167. The number of aliphatic hydroxyl groups excluding tert-OH is 1. The molecule has 0 amide bonds. The second kappa shape index (κ2) is 12.1. The molecular formula is C29H29F5N2O2. The molecular weight excluding hydrogens is 503 g/mol. The van der Waals surface area contributed by atoms with Gasteiger partial charge in [0.2, 0.25) is 0 Å². The van der Waals surface area contributed by atoms with Crippen molar-refractivity contribution >= 4 is 10.9 Å². The number of benzene rings is 2. The van der Waals surface area contributed by atoms with Gasteiger partial charge in [0.15, 0.2) is 11.6 Å². The molecule has 2 heterocycles. The fraction of sp³-hybridized carbons (Fsp3) is 0.414. The number of fused-ring (bicyclic) bond motifs is 1. The number of pyridine rings is 1. The van der Waals surface area contributed by atoms with E-state index in [1.165, 1.54) is 13.3 Å². The average Bonchev–Trinajstić information content (AvgIpc) is 2.94. The van der Waals surface area contributed by atoms with Crippen LogP contribution in [-0.2, 0) is 6.67 Å². The van der Waals surface area contributed by atoms with Crippen LogP contribution < -0.4 is 4.74 Å². The van der Waals surface area contributed by atoms with Crippen molar-refractivity contribution < 1.29 is 31.8 Å². The highest BCUT2D eigenvalue weighted by Crippen LogP contribution is 2.41. The van der Waals surface area contributed by atoms with E-state index in [0.717, 1.165) is 6.07 Å². The van der Waals surface area contributed by atoms with E-state index in [1.54, 1.807) is 18.2 Å². The zero-order valence-electron chi connectivity index (χ0n) is 21.0. The Labute approximate surface area is 218 Å². The molecule has 1 aliphatic rings. The van der Waals surface area contributed by atoms with Crippen LogP contribution in [0, 0.1) is 34.7 Å². The Morgan fingerprint density at radius 1 is 1.16 bits per heavy atom. The fourth-order valence-electron chi connectivity index (χ4n) is 4.98. The minimum Gasteiger partial charge on any atom is -0.497 e. The first-order chi connectivity index (χ1) is 18.3. The number of ether oxygens (including phenoxy) is 1. The third-order valence-electron chi connectivity index (χ3n) is 7.36. The number of piperidine rings is 1. The molecule has 3 aromatic rings. The lowest BCUT2D eigenvalue weighted by molar-refractivity contribution is 0.0344. The summed E-state index contributed by atoms with van der Waals surface area (Å²) in [5.74, 6) is 2.38. The van der Waals surface area contributed by atoms with E-state index in [1.807, 2.05) is 4.90 Å². The van der Waals surface area contributed by atoms with Gasteiger partial charge in [0.1, 0.15) is 24.4 Å². The van der Waals surface area contributed by atoms with Gasteiger partial charge in [-0.3, -0.25) is 9.88 Å². The molecule has 9 heteroatoms. The number of rotatable bonds is 8. The number of alkyl halides is 2. The second-order valence-electron chi connectivity index (χ2n) is 9.71. The maximum absolute atomic E-state index is 15.7. The Morgan fingerprint density at radius 3 is 2.61 bits per heavy atom. The lowest BCUT2D eigenvalue weighted by Gasteiger charge is -2.40. The number of aliphatic hydroxyl groups is 1. The summed E-state index contributed by atoms with van der Waals surface area (Å²) in [6, 6.07) is 6.40. The van der Waals surface area contributed by atoms with Crippen molar-refractivity contribution in [1.29, 1.82) is 0 Å². The molecule has 0 spiro atoms. The summed E-state index contributed by atoms with van der Waals surface area (Å²) < 4.78 is 75.2. The number of nitrogens with zero attached hydrogens (tertiary/aromatic N) is 2. The molecule has 1 saturated heterocycles. The van der Waals surface area contributed by atoms with Crippen LogP contribution in [0.15, 0.2) is 36.5 Å². The molecule has 0 bridgehead atoms. The van der Waals surface area contributed by atoms with Crippen molar-refractivity contribution in [2.24, 2.45) is 5.41 Å². The molecule has 202 valence electrons. The van der Waals surface area contributed by atoms with E-state index < -0.39 is 35.7 Å². The van der Waals surface area contributed by atoms with Crippen LogP contribution in [0.4, 0.5) is 22.0 Å². The Balaban J connectivity index is 1.40. The standard InChI is InChI=1S/C29H29F5N2O2/c1-38-22-4-5-26-23(15-22)27(20(16-30)17-35-26)24(32)6-7-29(18-37)8-11-36(12-9-29)10-2-3-19-13-21(31)14-25(33)28(19)34/h4-5,13-15,17,24,37H,6-12,16,18H2,1H3/t24-/m0/s1. The van der Waals surface area contributed by atoms with Crippen LogP contribution in [0.5, 0.6) is 5.75 Å². The third kappa shape index (κ3) is 6.08. The van der Waals surface area contributed by atoms with Crippen LogP contribution >= 0.6 is 0 Å². The van der Waals surface area contributed by atoms with Gasteiger partial charge in [0.25, 0.3) is 0 Å². The number of methoxy groups -OCH3 is 1. The monoisotopic (exact) mass is 532 g/mol. The van der Waals surface area contributed by atoms with E-state index >= 15 is 4.39 Å². The highest BCUT2D eigenvalue weighted by molar-refractivity contribution is 5.85. The molecule has 1 aromatic heterocycles. The van der Waals surface area contributed by atoms with Crippen molar-refractivity contribution in [3.63, 3.8) is 0 Å². The van der Waals surface area contributed by atoms with E-state index in [0.29, 0.717) is 55.1 Å². The number of halogens is 5. The molecule has 4 nitrogen and oxygen atoms in total. The van der Waals surface area contributed by atoms with Crippen LogP contribution in [0.25, 0.3) is 10.9 Å². The predicted octanol–water partition coefficient (Wildman–Crippen LogP) is 6.05. The second-order valence-corrected chi connectivity index (χ2v) is 9.71. The van der Waals surface area contributed by atoms with Crippen LogP contribution in [0.1, 0.15) is 48.5 Å². The topological polar surface area (TPSA) is 45.6 Å². The van der Waals surface area contributed by atoms with Crippen LogP contribution in [0.2, 0.25) is 0 Å². The van der Waals surface area contributed by atoms with Gasteiger partial charge in [-0.25, -0.2) is 22.0 Å². The van der Waals surface area contributed by atoms with E-state index in [4.69, 9.17) is 4.74 Å². The zero-order chi connectivity index (χ0) is 27.3. The van der Waals surface area contributed by atoms with Crippen molar-refractivity contribution in [3.8, 4) is 17.6 Å². The SMILES string of the molecule is COc1ccc2ncc(CF)c([C@@H](F)CCC3(CO)CCN(CC#Cc4cc(F)cc(F)c4F)CC3)c2c1. The average molecular weight is 533 g/mol. The number of hydrogen-bond acceptors (Lipinski definition) is 4. The quantitative estimate of drug-likeness (QED) is 0.218. The van der Waals surface area contributed by atoms with Crippen molar-refractivity contribution in [3.05, 3.63) is 70.7 Å². The minimum absolute atomic E-state index is 0.105. The van der Waals surface area contributed by atoms with Crippen molar-refractivity contribution in [2.45, 2.75) is 38.5 Å². The highest BCUT2D eigenvalue weighted by atomic mass is 19.2. The molecule has 0 radical (unpaired) electrons. The molecule has 1 fully saturated rings. The molecule has 0 aliphatic carbocycles. The first kappa shape index (κ1) is 27.8. The van der Waals surface area contributed by atoms with E-state index in [2.05, 4.69) is 16.8 Å². The Hall–Kier alpha value is -3.22. The third-order valence-corrected chi connectivity index (χ3v) is 7.36. The van der Waals surface area contributed by atoms with Crippen molar-refractivity contribution in [2.75, 3.05) is 33.4 Å². The van der Waals surface area contributed by atoms with E-state index in [9.17, 15) is 22.7 Å².